The first-order valence-electron chi connectivity index (χ1n) is 8.17. The molecule has 120 valence electrons. The molecule has 23 heavy (non-hydrogen) atoms. The first-order chi connectivity index (χ1) is 11.3. The summed E-state index contributed by atoms with van der Waals surface area (Å²) >= 11 is 0. The summed E-state index contributed by atoms with van der Waals surface area (Å²) in [7, 11) is 1.69. The average molecular weight is 308 g/mol. The minimum atomic E-state index is 0.317. The number of nitrogens with zero attached hydrogens (tertiary/aromatic N) is 1. The van der Waals surface area contributed by atoms with Crippen molar-refractivity contribution < 1.29 is 4.74 Å². The van der Waals surface area contributed by atoms with Crippen LogP contribution in [-0.2, 0) is 13.0 Å². The van der Waals surface area contributed by atoms with Gasteiger partial charge < -0.3 is 15.0 Å². The van der Waals surface area contributed by atoms with Crippen molar-refractivity contribution in [3.05, 3.63) is 65.9 Å². The summed E-state index contributed by atoms with van der Waals surface area (Å²) < 4.78 is 7.55. The van der Waals surface area contributed by atoms with Gasteiger partial charge in [-0.2, -0.15) is 0 Å². The van der Waals surface area contributed by atoms with E-state index in [2.05, 4.69) is 54.1 Å². The number of rotatable bonds is 6. The monoisotopic (exact) mass is 308 g/mol. The van der Waals surface area contributed by atoms with E-state index in [1.165, 1.54) is 22.0 Å². The Morgan fingerprint density at radius 3 is 2.48 bits per heavy atom. The zero-order chi connectivity index (χ0) is 16.2. The smallest absolute Gasteiger partial charge is 0.118 e. The Hall–Kier alpha value is -2.26. The van der Waals surface area contributed by atoms with Gasteiger partial charge in [-0.1, -0.05) is 30.3 Å². The number of ether oxygens (including phenoxy) is 1. The maximum Gasteiger partial charge on any atom is 0.118 e. The predicted octanol–water partition coefficient (Wildman–Crippen LogP) is 3.95. The number of para-hydroxylation sites is 1. The molecule has 1 heterocycles. The molecule has 0 saturated heterocycles. The highest BCUT2D eigenvalue weighted by molar-refractivity contribution is 5.84. The lowest BCUT2D eigenvalue weighted by Crippen LogP contribution is -2.15. The summed E-state index contributed by atoms with van der Waals surface area (Å²) in [6.07, 6.45) is 3.23. The fourth-order valence-electron chi connectivity index (χ4n) is 3.23. The van der Waals surface area contributed by atoms with E-state index in [0.29, 0.717) is 12.5 Å². The van der Waals surface area contributed by atoms with Crippen LogP contribution in [0.15, 0.2) is 54.7 Å². The number of methoxy groups -OCH3 is 1. The van der Waals surface area contributed by atoms with Gasteiger partial charge in [-0.15, -0.1) is 0 Å². The highest BCUT2D eigenvalue weighted by atomic mass is 16.5. The summed E-state index contributed by atoms with van der Waals surface area (Å²) in [5.74, 6) is 1.20. The van der Waals surface area contributed by atoms with Gasteiger partial charge in [-0.05, 0) is 49.2 Å². The fraction of sp³-hybridized carbons (Fsp3) is 0.300. The second-order valence-corrected chi connectivity index (χ2v) is 5.87. The van der Waals surface area contributed by atoms with Gasteiger partial charge in [0.2, 0.25) is 0 Å². The van der Waals surface area contributed by atoms with Crippen molar-refractivity contribution in [3.8, 4) is 5.75 Å². The molecule has 0 aliphatic heterocycles. The van der Waals surface area contributed by atoms with E-state index >= 15 is 0 Å². The van der Waals surface area contributed by atoms with Crippen LogP contribution in [0.2, 0.25) is 0 Å². The molecule has 1 atom stereocenters. The number of nitrogens with two attached hydrogens (primary N) is 1. The molecule has 3 nitrogen and oxygen atoms in total. The molecule has 3 rings (SSSR count). The molecule has 0 amide bonds. The van der Waals surface area contributed by atoms with Gasteiger partial charge >= 0.3 is 0 Å². The Morgan fingerprint density at radius 1 is 1.09 bits per heavy atom. The van der Waals surface area contributed by atoms with Crippen LogP contribution >= 0.6 is 0 Å². The van der Waals surface area contributed by atoms with Gasteiger partial charge in [0.05, 0.1) is 7.11 Å². The Balaban J connectivity index is 1.92. The van der Waals surface area contributed by atoms with Crippen molar-refractivity contribution in [2.24, 2.45) is 5.73 Å². The molecule has 2 aromatic carbocycles. The third-order valence-corrected chi connectivity index (χ3v) is 4.55. The molecule has 3 heteroatoms. The molecule has 0 bridgehead atoms. The van der Waals surface area contributed by atoms with E-state index in [1.807, 2.05) is 12.1 Å². The summed E-state index contributed by atoms with van der Waals surface area (Å²) in [5, 5.41) is 1.33. The van der Waals surface area contributed by atoms with E-state index in [9.17, 15) is 0 Å². The largest absolute Gasteiger partial charge is 0.497 e. The highest BCUT2D eigenvalue weighted by Crippen LogP contribution is 2.28. The molecule has 1 unspecified atom stereocenters. The highest BCUT2D eigenvalue weighted by Gasteiger charge is 2.15. The Labute approximate surface area is 137 Å². The topological polar surface area (TPSA) is 40.2 Å². The van der Waals surface area contributed by atoms with E-state index in [-0.39, 0.29) is 0 Å². The summed E-state index contributed by atoms with van der Waals surface area (Å²) in [5.41, 5.74) is 10.0. The second-order valence-electron chi connectivity index (χ2n) is 5.87. The van der Waals surface area contributed by atoms with Crippen molar-refractivity contribution >= 4 is 10.9 Å². The van der Waals surface area contributed by atoms with Crippen molar-refractivity contribution in [3.63, 3.8) is 0 Å². The average Bonchev–Trinajstić information content (AvgIpc) is 2.97. The molecule has 2 N–H and O–H groups in total. The first-order valence-corrected chi connectivity index (χ1v) is 8.17. The van der Waals surface area contributed by atoms with Crippen LogP contribution in [0, 0.1) is 0 Å². The van der Waals surface area contributed by atoms with Crippen LogP contribution in [-0.4, -0.2) is 18.2 Å². The third-order valence-electron chi connectivity index (χ3n) is 4.55. The third kappa shape index (κ3) is 3.10. The summed E-state index contributed by atoms with van der Waals surface area (Å²) in [4.78, 5) is 0. The number of hydrogen-bond donors (Lipinski definition) is 1. The van der Waals surface area contributed by atoms with Gasteiger partial charge in [-0.3, -0.25) is 0 Å². The first kappa shape index (κ1) is 15.6. The van der Waals surface area contributed by atoms with Gasteiger partial charge in [0, 0.05) is 29.6 Å². The lowest BCUT2D eigenvalue weighted by molar-refractivity contribution is 0.414. The van der Waals surface area contributed by atoms with Crippen LogP contribution in [0.5, 0.6) is 5.75 Å². The second kappa shape index (κ2) is 6.88. The standard InChI is InChI=1S/C20H24N2O/c1-3-22-14-17(19-6-4-5-7-20(19)22)12-16(13-21)15-8-10-18(23-2)11-9-15/h4-11,14,16H,3,12-13,21H2,1-2H3. The van der Waals surface area contributed by atoms with E-state index in [0.717, 1.165) is 18.7 Å². The van der Waals surface area contributed by atoms with Gasteiger partial charge in [0.1, 0.15) is 5.75 Å². The number of aromatic nitrogens is 1. The molecule has 0 aliphatic rings. The molecule has 0 saturated carbocycles. The molecular weight excluding hydrogens is 284 g/mol. The Kier molecular flexibility index (Phi) is 4.68. The minimum absolute atomic E-state index is 0.317. The van der Waals surface area contributed by atoms with Crippen LogP contribution in [0.25, 0.3) is 10.9 Å². The lowest BCUT2D eigenvalue weighted by Gasteiger charge is -2.15. The van der Waals surface area contributed by atoms with E-state index < -0.39 is 0 Å². The van der Waals surface area contributed by atoms with Crippen LogP contribution in [0.1, 0.15) is 24.0 Å². The SMILES string of the molecule is CCn1cc(CC(CN)c2ccc(OC)cc2)c2ccccc21. The van der Waals surface area contributed by atoms with Crippen LogP contribution in [0.3, 0.4) is 0 Å². The zero-order valence-electron chi connectivity index (χ0n) is 13.8. The molecule has 1 aromatic heterocycles. The van der Waals surface area contributed by atoms with Crippen LogP contribution < -0.4 is 10.5 Å². The van der Waals surface area contributed by atoms with E-state index in [1.54, 1.807) is 7.11 Å². The van der Waals surface area contributed by atoms with Crippen molar-refractivity contribution in [2.75, 3.05) is 13.7 Å². The number of fused-ring (bicyclic) bond motifs is 1. The minimum Gasteiger partial charge on any atom is -0.497 e. The quantitative estimate of drug-likeness (QED) is 0.749. The fourth-order valence-corrected chi connectivity index (χ4v) is 3.23. The maximum absolute atomic E-state index is 6.07. The van der Waals surface area contributed by atoms with Crippen molar-refractivity contribution in [2.45, 2.75) is 25.8 Å². The molecule has 0 fully saturated rings. The number of benzene rings is 2. The molecule has 0 radical (unpaired) electrons. The van der Waals surface area contributed by atoms with Gasteiger partial charge in [-0.25, -0.2) is 0 Å². The molecule has 0 spiro atoms. The van der Waals surface area contributed by atoms with Crippen LogP contribution in [0.4, 0.5) is 0 Å². The molecular formula is C20H24N2O. The number of aryl methyl sites for hydroxylation is 1. The lowest BCUT2D eigenvalue weighted by atomic mass is 9.92. The maximum atomic E-state index is 6.07. The zero-order valence-corrected chi connectivity index (χ0v) is 13.8. The summed E-state index contributed by atoms with van der Waals surface area (Å²) in [6, 6.07) is 16.9. The predicted molar refractivity (Wildman–Crippen MR) is 96.1 cm³/mol. The van der Waals surface area contributed by atoms with Crippen molar-refractivity contribution in [1.29, 1.82) is 0 Å². The van der Waals surface area contributed by atoms with E-state index in [4.69, 9.17) is 10.5 Å². The van der Waals surface area contributed by atoms with Crippen molar-refractivity contribution in [1.82, 2.24) is 4.57 Å². The Morgan fingerprint density at radius 2 is 1.83 bits per heavy atom. The molecule has 3 aromatic rings. The van der Waals surface area contributed by atoms with Gasteiger partial charge in [0.15, 0.2) is 0 Å². The normalized spacial score (nSPS) is 12.5. The summed E-state index contributed by atoms with van der Waals surface area (Å²) in [6.45, 7) is 3.80. The van der Waals surface area contributed by atoms with Gasteiger partial charge in [0.25, 0.3) is 0 Å². The number of hydrogen-bond acceptors (Lipinski definition) is 2. The molecule has 0 aliphatic carbocycles. The Bertz CT molecular complexity index is 774.